The van der Waals surface area contributed by atoms with E-state index in [0.717, 1.165) is 53.7 Å². The zero-order valence-electron chi connectivity index (χ0n) is 18.8. The van der Waals surface area contributed by atoms with Gasteiger partial charge in [0.25, 0.3) is 0 Å². The van der Waals surface area contributed by atoms with E-state index in [4.69, 9.17) is 16.3 Å². The normalized spacial score (nSPS) is 24.5. The van der Waals surface area contributed by atoms with Crippen molar-refractivity contribution >= 4 is 34.8 Å². The second kappa shape index (κ2) is 11.1. The molecule has 0 atom stereocenters. The number of benzene rings is 1. The van der Waals surface area contributed by atoms with Gasteiger partial charge in [-0.25, -0.2) is 9.78 Å². The molecule has 0 aliphatic carbocycles. The van der Waals surface area contributed by atoms with Gasteiger partial charge in [0.05, 0.1) is 37.1 Å². The summed E-state index contributed by atoms with van der Waals surface area (Å²) >= 11 is 7.56. The molecule has 5 nitrogen and oxygen atoms in total. The lowest BCUT2D eigenvalue weighted by atomic mass is 9.89. The number of amides is 1. The molecule has 1 N–H and O–H groups in total. The molecule has 1 amide bonds. The average Bonchev–Trinajstić information content (AvgIpc) is 3.07. The number of hydrogen-bond donors (Lipinski definition) is 1. The molecule has 166 valence electrons. The van der Waals surface area contributed by atoms with Gasteiger partial charge in [0.2, 0.25) is 0 Å². The highest BCUT2D eigenvalue weighted by Crippen LogP contribution is 2.38. The maximum Gasteiger partial charge on any atom is 0.413 e. The van der Waals surface area contributed by atoms with E-state index in [1.54, 1.807) is 5.51 Å². The summed E-state index contributed by atoms with van der Waals surface area (Å²) in [6.07, 6.45) is 3.53. The highest BCUT2D eigenvalue weighted by Gasteiger charge is 2.46. The molecule has 0 saturated carbocycles. The molecule has 1 aromatic heterocycles. The van der Waals surface area contributed by atoms with Crippen LogP contribution in [0.2, 0.25) is 5.02 Å². The molecule has 3 saturated heterocycles. The van der Waals surface area contributed by atoms with Crippen molar-refractivity contribution in [2.24, 2.45) is 0 Å². The Bertz CT molecular complexity index is 816. The number of rotatable bonds is 3. The summed E-state index contributed by atoms with van der Waals surface area (Å²) in [5.74, 6) is 0.531. The largest absolute Gasteiger partial charge is 0.442 e. The Morgan fingerprint density at radius 1 is 1.17 bits per heavy atom. The average molecular weight is 453 g/mol. The molecule has 2 aromatic rings. The third-order valence-corrected chi connectivity index (χ3v) is 6.84. The van der Waals surface area contributed by atoms with Gasteiger partial charge in [0.1, 0.15) is 5.60 Å². The Hall–Kier alpha value is -1.63. The molecular weight excluding hydrogens is 418 g/mol. The van der Waals surface area contributed by atoms with E-state index >= 15 is 0 Å². The number of ether oxygens (including phenoxy) is 1. The number of hydrogen-bond acceptors (Lipinski definition) is 4. The predicted molar refractivity (Wildman–Crippen MR) is 127 cm³/mol. The number of quaternary nitrogens is 1. The van der Waals surface area contributed by atoms with Crippen LogP contribution in [-0.4, -0.2) is 47.8 Å². The molecule has 7 heteroatoms. The van der Waals surface area contributed by atoms with Gasteiger partial charge in [-0.3, -0.25) is 5.32 Å². The van der Waals surface area contributed by atoms with Crippen molar-refractivity contribution < 1.29 is 14.0 Å². The van der Waals surface area contributed by atoms with Crippen LogP contribution in [0.3, 0.4) is 0 Å². The molecule has 3 aliphatic rings. The van der Waals surface area contributed by atoms with Gasteiger partial charge >= 0.3 is 6.09 Å². The molecule has 4 heterocycles. The molecule has 30 heavy (non-hydrogen) atoms. The minimum atomic E-state index is -0.405. The van der Waals surface area contributed by atoms with Crippen LogP contribution in [0, 0.1) is 0 Å². The topological polar surface area (TPSA) is 51.2 Å². The van der Waals surface area contributed by atoms with E-state index in [2.05, 4.69) is 17.3 Å². The van der Waals surface area contributed by atoms with Gasteiger partial charge in [0.15, 0.2) is 5.82 Å². The van der Waals surface area contributed by atoms with Gasteiger partial charge in [-0.15, -0.1) is 11.3 Å². The van der Waals surface area contributed by atoms with Crippen molar-refractivity contribution in [1.29, 1.82) is 0 Å². The first-order valence-corrected chi connectivity index (χ1v) is 12.3. The first-order valence-electron chi connectivity index (χ1n) is 11.0. The lowest BCUT2D eigenvalue weighted by Gasteiger charge is -2.41. The molecule has 2 bridgehead atoms. The quantitative estimate of drug-likeness (QED) is 0.518. The van der Waals surface area contributed by atoms with Crippen LogP contribution < -0.4 is 5.32 Å². The number of carbonyl (C=O) groups excluding carboxylic acids is 1. The molecule has 5 rings (SSSR count). The minimum Gasteiger partial charge on any atom is -0.442 e. The fraction of sp³-hybridized carbons (Fsp3) is 0.565. The third-order valence-electron chi connectivity index (χ3n) is 5.73. The maximum atomic E-state index is 12.6. The summed E-state index contributed by atoms with van der Waals surface area (Å²) in [6.45, 7) is 11.3. The van der Waals surface area contributed by atoms with Crippen LogP contribution >= 0.6 is 22.9 Å². The fourth-order valence-corrected chi connectivity index (χ4v) is 5.01. The first kappa shape index (κ1) is 24.6. The number of carbonyl (C=O) groups is 1. The monoisotopic (exact) mass is 452 g/mol. The van der Waals surface area contributed by atoms with E-state index in [1.807, 2.05) is 52.0 Å². The van der Waals surface area contributed by atoms with Crippen LogP contribution in [-0.2, 0) is 4.74 Å². The third kappa shape index (κ3) is 5.96. The van der Waals surface area contributed by atoms with Gasteiger partial charge in [-0.1, -0.05) is 51.4 Å². The summed E-state index contributed by atoms with van der Waals surface area (Å²) in [4.78, 5) is 17.8. The first-order chi connectivity index (χ1) is 14.5. The molecule has 0 radical (unpaired) electrons. The lowest BCUT2D eigenvalue weighted by Crippen LogP contribution is -2.53. The zero-order chi connectivity index (χ0) is 22.2. The molecule has 3 aliphatic heterocycles. The van der Waals surface area contributed by atoms with Crippen LogP contribution in [0.5, 0.6) is 0 Å². The van der Waals surface area contributed by atoms with Crippen molar-refractivity contribution in [3.05, 3.63) is 34.8 Å². The van der Waals surface area contributed by atoms with Crippen LogP contribution in [0.25, 0.3) is 10.4 Å². The van der Waals surface area contributed by atoms with E-state index in [9.17, 15) is 4.79 Å². The van der Waals surface area contributed by atoms with Crippen molar-refractivity contribution in [1.82, 2.24) is 4.98 Å². The number of halogens is 1. The van der Waals surface area contributed by atoms with E-state index in [-0.39, 0.29) is 5.60 Å². The molecule has 1 aromatic carbocycles. The van der Waals surface area contributed by atoms with Crippen LogP contribution in [0.4, 0.5) is 10.6 Å². The number of piperidine rings is 1. The van der Waals surface area contributed by atoms with Crippen molar-refractivity contribution in [2.45, 2.75) is 59.0 Å². The van der Waals surface area contributed by atoms with Crippen LogP contribution in [0.1, 0.15) is 53.4 Å². The second-order valence-electron chi connectivity index (χ2n) is 7.63. The Balaban J connectivity index is 0.000000757. The molecular formula is C23H35ClN3O2S+. The van der Waals surface area contributed by atoms with Crippen molar-refractivity contribution in [3.8, 4) is 10.4 Å². The maximum absolute atomic E-state index is 12.6. The highest BCUT2D eigenvalue weighted by molar-refractivity contribution is 7.13. The molecule has 3 fully saturated rings. The van der Waals surface area contributed by atoms with Crippen LogP contribution in [0.15, 0.2) is 29.8 Å². The minimum absolute atomic E-state index is 0.315. The number of aromatic nitrogens is 1. The van der Waals surface area contributed by atoms with Gasteiger partial charge in [-0.2, -0.15) is 0 Å². The summed E-state index contributed by atoms with van der Waals surface area (Å²) in [6, 6.07) is 7.55. The number of anilines is 1. The van der Waals surface area contributed by atoms with Gasteiger partial charge in [0, 0.05) is 24.3 Å². The Kier molecular flexibility index (Phi) is 9.13. The lowest BCUT2D eigenvalue weighted by molar-refractivity contribution is -0.913. The summed E-state index contributed by atoms with van der Waals surface area (Å²) in [5, 5.41) is 3.51. The smallest absolute Gasteiger partial charge is 0.413 e. The van der Waals surface area contributed by atoms with Gasteiger partial charge in [-0.05, 0) is 24.1 Å². The number of nitrogens with zero attached hydrogens (tertiary/aromatic N) is 2. The summed E-state index contributed by atoms with van der Waals surface area (Å²) in [7, 11) is 2.31. The van der Waals surface area contributed by atoms with Crippen molar-refractivity contribution in [2.75, 3.05) is 32.0 Å². The molecule has 0 unspecified atom stereocenters. The van der Waals surface area contributed by atoms with E-state index in [0.29, 0.717) is 10.8 Å². The summed E-state index contributed by atoms with van der Waals surface area (Å²) < 4.78 is 7.07. The SMILES string of the molecule is CC.CC.C[N+]12CCCC(OC(=O)Nc3ncsc3-c3cccc(Cl)c3)(CC1)CC2. The Morgan fingerprint density at radius 2 is 1.87 bits per heavy atom. The fourth-order valence-electron chi connectivity index (χ4n) is 4.08. The molecule has 0 spiro atoms. The second-order valence-corrected chi connectivity index (χ2v) is 8.92. The van der Waals surface area contributed by atoms with E-state index < -0.39 is 6.09 Å². The number of nitrogens with one attached hydrogen (secondary N) is 1. The number of fused-ring (bicyclic) bond motifs is 4. The number of thiazole rings is 1. The van der Waals surface area contributed by atoms with Crippen molar-refractivity contribution in [3.63, 3.8) is 0 Å². The zero-order valence-corrected chi connectivity index (χ0v) is 20.4. The summed E-state index contributed by atoms with van der Waals surface area (Å²) in [5.41, 5.74) is 2.35. The Labute approximate surface area is 190 Å². The predicted octanol–water partition coefficient (Wildman–Crippen LogP) is 6.84. The van der Waals surface area contributed by atoms with E-state index in [1.165, 1.54) is 17.9 Å². The van der Waals surface area contributed by atoms with Gasteiger partial charge < -0.3 is 9.22 Å². The highest BCUT2D eigenvalue weighted by atomic mass is 35.5. The standard InChI is InChI=1S/C19H22ClN3O2S.2C2H6/c1-23-9-3-6-19(7-10-23,8-11-23)25-18(24)22-17-16(26-13-21-17)14-4-2-5-15(20)12-14;2*1-2/h2,4-5,12-13H,3,6-11H2,1H3;2*1-2H3/p+1. The Morgan fingerprint density at radius 3 is 2.53 bits per heavy atom.